The van der Waals surface area contributed by atoms with Crippen LogP contribution >= 0.6 is 22.7 Å². The first-order chi connectivity index (χ1) is 21.7. The Bertz CT molecular complexity index is 2430. The maximum atomic E-state index is 10.7. The molecule has 3 nitrogen and oxygen atoms in total. The molecular formula is C39H19N3S2. The predicted molar refractivity (Wildman–Crippen MR) is 183 cm³/mol. The molecule has 0 amide bonds. The number of nitrogens with zero attached hydrogens (tertiary/aromatic N) is 3. The van der Waals surface area contributed by atoms with Crippen molar-refractivity contribution in [2.45, 2.75) is 0 Å². The third-order valence-corrected chi connectivity index (χ3v) is 10.5. The second kappa shape index (κ2) is 10.2. The van der Waals surface area contributed by atoms with E-state index in [1.165, 1.54) is 29.6 Å². The van der Waals surface area contributed by atoms with Gasteiger partial charge in [-0.25, -0.2) is 0 Å². The second-order valence-electron chi connectivity index (χ2n) is 10.6. The molecule has 0 unspecified atom stereocenters. The Hall–Kier alpha value is -5.77. The minimum Gasteiger partial charge on any atom is -0.192 e. The molecule has 8 aromatic rings. The summed E-state index contributed by atoms with van der Waals surface area (Å²) in [6.07, 6.45) is 0. The van der Waals surface area contributed by atoms with Crippen LogP contribution in [0.4, 0.5) is 0 Å². The highest BCUT2D eigenvalue weighted by molar-refractivity contribution is 7.26. The fourth-order valence-corrected chi connectivity index (χ4v) is 8.37. The number of hydrogen-bond acceptors (Lipinski definition) is 5. The summed E-state index contributed by atoms with van der Waals surface area (Å²) in [5.41, 5.74) is 6.06. The maximum absolute atomic E-state index is 10.7. The van der Waals surface area contributed by atoms with Gasteiger partial charge in [0.2, 0.25) is 0 Å². The summed E-state index contributed by atoms with van der Waals surface area (Å²) in [6.45, 7) is 0. The zero-order chi connectivity index (χ0) is 29.8. The quantitative estimate of drug-likeness (QED) is 0.205. The second-order valence-corrected chi connectivity index (χ2v) is 12.8. The number of benzene rings is 6. The van der Waals surface area contributed by atoms with Crippen molar-refractivity contribution in [3.63, 3.8) is 0 Å². The van der Waals surface area contributed by atoms with E-state index in [0.717, 1.165) is 38.6 Å². The van der Waals surface area contributed by atoms with Crippen molar-refractivity contribution in [1.82, 2.24) is 0 Å². The zero-order valence-corrected chi connectivity index (χ0v) is 24.8. The Kier molecular flexibility index (Phi) is 6.00. The van der Waals surface area contributed by atoms with Crippen molar-refractivity contribution in [2.24, 2.45) is 0 Å². The molecule has 0 spiro atoms. The standard InChI is InChI=1S/C39H19N3S2/c40-20-25-6-5-7-26(21-41)39(25)27-18-30(23-12-14-37-32(16-23)28-8-1-3-10-35(28)43-37)34(22-42)31(19-27)24-13-15-38-33(17-24)29-9-2-4-11-36(29)44-38/h1-19H. The number of thiophene rings is 2. The highest BCUT2D eigenvalue weighted by atomic mass is 32.1. The third-order valence-electron chi connectivity index (χ3n) is 8.22. The Balaban J connectivity index is 1.46. The smallest absolute Gasteiger partial charge is 0.100 e. The average Bonchev–Trinajstić information content (AvgIpc) is 3.64. The lowest BCUT2D eigenvalue weighted by Gasteiger charge is -2.16. The van der Waals surface area contributed by atoms with Crippen LogP contribution in [0.25, 0.3) is 73.7 Å². The van der Waals surface area contributed by atoms with Gasteiger partial charge in [-0.05, 0) is 77.4 Å². The first-order valence-electron chi connectivity index (χ1n) is 14.0. The van der Waals surface area contributed by atoms with Crippen molar-refractivity contribution < 1.29 is 0 Å². The molecule has 0 radical (unpaired) electrons. The van der Waals surface area contributed by atoms with Gasteiger partial charge in [0.25, 0.3) is 0 Å². The van der Waals surface area contributed by atoms with Crippen LogP contribution < -0.4 is 0 Å². The van der Waals surface area contributed by atoms with Crippen molar-refractivity contribution in [3.05, 3.63) is 132 Å². The molecular weight excluding hydrogens is 575 g/mol. The van der Waals surface area contributed by atoms with E-state index in [0.29, 0.717) is 22.3 Å². The minimum atomic E-state index is 0.421. The Morgan fingerprint density at radius 3 is 1.36 bits per heavy atom. The van der Waals surface area contributed by atoms with Gasteiger partial charge in [0.05, 0.1) is 28.8 Å². The maximum Gasteiger partial charge on any atom is 0.100 e. The summed E-state index contributed by atoms with van der Waals surface area (Å²) in [5, 5.41) is 35.5. The molecule has 202 valence electrons. The van der Waals surface area contributed by atoms with Gasteiger partial charge >= 0.3 is 0 Å². The molecule has 0 saturated carbocycles. The van der Waals surface area contributed by atoms with Gasteiger partial charge in [-0.2, -0.15) is 15.8 Å². The van der Waals surface area contributed by atoms with Crippen LogP contribution in [-0.2, 0) is 0 Å². The molecule has 0 aliphatic rings. The van der Waals surface area contributed by atoms with Crippen LogP contribution in [0.1, 0.15) is 16.7 Å². The van der Waals surface area contributed by atoms with Gasteiger partial charge in [0.15, 0.2) is 0 Å². The van der Waals surface area contributed by atoms with E-state index in [4.69, 9.17) is 0 Å². The van der Waals surface area contributed by atoms with Crippen LogP contribution in [0.3, 0.4) is 0 Å². The molecule has 2 heterocycles. The van der Waals surface area contributed by atoms with Gasteiger partial charge in [-0.1, -0.05) is 54.6 Å². The number of nitriles is 3. The van der Waals surface area contributed by atoms with E-state index in [-0.39, 0.29) is 0 Å². The summed E-state index contributed by atoms with van der Waals surface area (Å²) in [6, 6.07) is 45.7. The number of hydrogen-bond donors (Lipinski definition) is 0. The number of rotatable bonds is 3. The fraction of sp³-hybridized carbons (Fsp3) is 0. The van der Waals surface area contributed by atoms with Gasteiger partial charge in [-0.3, -0.25) is 0 Å². The van der Waals surface area contributed by atoms with Crippen molar-refractivity contribution in [1.29, 1.82) is 15.8 Å². The van der Waals surface area contributed by atoms with Crippen molar-refractivity contribution in [3.8, 4) is 51.6 Å². The monoisotopic (exact) mass is 593 g/mol. The summed E-state index contributed by atoms with van der Waals surface area (Å²) in [5.74, 6) is 0. The lowest BCUT2D eigenvalue weighted by molar-refractivity contribution is 1.43. The van der Waals surface area contributed by atoms with Gasteiger partial charge < -0.3 is 0 Å². The highest BCUT2D eigenvalue weighted by Gasteiger charge is 2.20. The Morgan fingerprint density at radius 2 is 0.886 bits per heavy atom. The predicted octanol–water partition coefficient (Wildman–Crippen LogP) is 11.0. The van der Waals surface area contributed by atoms with Crippen LogP contribution in [0.15, 0.2) is 115 Å². The van der Waals surface area contributed by atoms with Crippen molar-refractivity contribution in [2.75, 3.05) is 0 Å². The SMILES string of the molecule is N#Cc1cccc(C#N)c1-c1cc(-c2ccc3sc4ccccc4c3c2)c(C#N)c(-c2ccc3sc4ccccc4c3c2)c1. The normalized spacial score (nSPS) is 11.1. The molecule has 0 bridgehead atoms. The van der Waals surface area contributed by atoms with Crippen LogP contribution in [0.2, 0.25) is 0 Å². The lowest BCUT2D eigenvalue weighted by Crippen LogP contribution is -1.96. The molecule has 0 N–H and O–H groups in total. The molecule has 0 fully saturated rings. The molecule has 0 aliphatic heterocycles. The third kappa shape index (κ3) is 3.98. The van der Waals surface area contributed by atoms with Gasteiger partial charge in [-0.15, -0.1) is 22.7 Å². The van der Waals surface area contributed by atoms with Crippen LogP contribution in [-0.4, -0.2) is 0 Å². The van der Waals surface area contributed by atoms with E-state index < -0.39 is 0 Å². The molecule has 0 saturated heterocycles. The van der Waals surface area contributed by atoms with E-state index in [1.54, 1.807) is 40.9 Å². The molecule has 0 atom stereocenters. The van der Waals surface area contributed by atoms with E-state index >= 15 is 0 Å². The summed E-state index contributed by atoms with van der Waals surface area (Å²) in [7, 11) is 0. The van der Waals surface area contributed by atoms with Crippen LogP contribution in [0, 0.1) is 34.0 Å². The molecule has 2 aromatic heterocycles. The fourth-order valence-electron chi connectivity index (χ4n) is 6.20. The first kappa shape index (κ1) is 25.9. The summed E-state index contributed by atoms with van der Waals surface area (Å²) >= 11 is 3.50. The van der Waals surface area contributed by atoms with Gasteiger partial charge in [0, 0.05) is 57.0 Å². The highest BCUT2D eigenvalue weighted by Crippen LogP contribution is 2.43. The van der Waals surface area contributed by atoms with E-state index in [1.807, 2.05) is 24.3 Å². The van der Waals surface area contributed by atoms with E-state index in [9.17, 15) is 15.8 Å². The van der Waals surface area contributed by atoms with Gasteiger partial charge in [0.1, 0.15) is 6.07 Å². The largest absolute Gasteiger partial charge is 0.192 e. The molecule has 6 aromatic carbocycles. The average molecular weight is 594 g/mol. The Morgan fingerprint density at radius 1 is 0.409 bits per heavy atom. The van der Waals surface area contributed by atoms with E-state index in [2.05, 4.69) is 91.0 Å². The molecule has 5 heteroatoms. The zero-order valence-electron chi connectivity index (χ0n) is 23.1. The minimum absolute atomic E-state index is 0.421. The topological polar surface area (TPSA) is 71.4 Å². The molecule has 8 rings (SSSR count). The first-order valence-corrected chi connectivity index (χ1v) is 15.6. The summed E-state index contributed by atoms with van der Waals surface area (Å²) in [4.78, 5) is 0. The molecule has 44 heavy (non-hydrogen) atoms. The lowest BCUT2D eigenvalue weighted by atomic mass is 9.85. The Labute approximate surface area is 261 Å². The number of fused-ring (bicyclic) bond motifs is 6. The summed E-state index contributed by atoms with van der Waals surface area (Å²) < 4.78 is 4.79. The van der Waals surface area contributed by atoms with Crippen molar-refractivity contribution >= 4 is 63.0 Å². The molecule has 0 aliphatic carbocycles. The van der Waals surface area contributed by atoms with Crippen LogP contribution in [0.5, 0.6) is 0 Å².